The Balaban J connectivity index is 0.000000174. The molecule has 2 aliphatic rings. The molecular weight excluding hydrogens is 877 g/mol. The van der Waals surface area contributed by atoms with Crippen LogP contribution in [0.4, 0.5) is 11.4 Å². The van der Waals surface area contributed by atoms with Gasteiger partial charge in [0.1, 0.15) is 11.4 Å². The van der Waals surface area contributed by atoms with E-state index in [1.54, 1.807) is 70.7 Å². The molecule has 2 saturated heterocycles. The second-order valence-electron chi connectivity index (χ2n) is 17.6. The lowest BCUT2D eigenvalue weighted by Gasteiger charge is -2.32. The number of pyridine rings is 2. The Morgan fingerprint density at radius 3 is 1.37 bits per heavy atom. The Hall–Kier alpha value is -8.12. The van der Waals surface area contributed by atoms with Crippen molar-refractivity contribution in [1.29, 1.82) is 0 Å². The molecule has 2 aliphatic heterocycles. The second kappa shape index (κ2) is 21.9. The number of hydrogen-bond acceptors (Lipinski definition) is 12. The van der Waals surface area contributed by atoms with Crippen molar-refractivity contribution in [2.24, 2.45) is 0 Å². The van der Waals surface area contributed by atoms with Gasteiger partial charge in [-0.1, -0.05) is 24.0 Å². The first-order chi connectivity index (χ1) is 34.1. The van der Waals surface area contributed by atoms with E-state index in [1.807, 2.05) is 48.5 Å². The first-order valence-electron chi connectivity index (χ1n) is 23.3. The number of anilines is 2. The molecule has 8 aromatic rings. The Bertz CT molecular complexity index is 3070. The van der Waals surface area contributed by atoms with Crippen LogP contribution in [0, 0.1) is 37.5 Å². The minimum atomic E-state index is -0.219. The van der Waals surface area contributed by atoms with Crippen LogP contribution in [0.1, 0.15) is 65.5 Å². The molecule has 0 bridgehead atoms. The van der Waals surface area contributed by atoms with Crippen LogP contribution in [0.5, 0.6) is 0 Å². The molecule has 0 unspecified atom stereocenters. The molecule has 2 N–H and O–H groups in total. The number of piperazine rings is 2. The maximum absolute atomic E-state index is 12.9. The average Bonchev–Trinajstić information content (AvgIpc) is 4.00. The molecule has 2 fully saturated rings. The highest BCUT2D eigenvalue weighted by Gasteiger charge is 2.17. The molecule has 0 spiro atoms. The first kappa shape index (κ1) is 47.0. The normalized spacial score (nSPS) is 14.5. The zero-order valence-corrected chi connectivity index (χ0v) is 39.8. The van der Waals surface area contributed by atoms with Crippen LogP contribution in [-0.2, 0) is 13.1 Å². The average molecular weight is 931 g/mol. The third kappa shape index (κ3) is 11.9. The predicted molar refractivity (Wildman–Crippen MR) is 270 cm³/mol. The molecule has 352 valence electrons. The van der Waals surface area contributed by atoms with Crippen LogP contribution in [0.3, 0.4) is 0 Å². The Morgan fingerprint density at radius 1 is 0.529 bits per heavy atom. The van der Waals surface area contributed by atoms with Gasteiger partial charge in [-0.3, -0.25) is 29.4 Å². The molecule has 10 rings (SSSR count). The van der Waals surface area contributed by atoms with Crippen LogP contribution < -0.4 is 10.6 Å². The fraction of sp³-hybridized carbons (Fsp3) is 0.259. The summed E-state index contributed by atoms with van der Waals surface area (Å²) in [5.74, 6) is 11.8. The number of fused-ring (bicyclic) bond motifs is 2. The molecule has 8 heterocycles. The lowest BCUT2D eigenvalue weighted by atomic mass is 10.1. The standard InChI is InChI=1S/2C27H27N7O/c2*1-20-14-24(7-6-22(20)19-33-12-10-32(2)11-13-33)31-27(35)23-15-21(16-28-17-23)5-8-25-18-29-26-4-3-9-30-34(25)26/h2*3-4,6-7,9,14-18H,10-13,19H2,1-2H3,(H,31,35). The van der Waals surface area contributed by atoms with E-state index < -0.39 is 0 Å². The summed E-state index contributed by atoms with van der Waals surface area (Å²) < 4.78 is 3.35. The van der Waals surface area contributed by atoms with E-state index in [0.29, 0.717) is 33.6 Å². The number of aromatic nitrogens is 8. The van der Waals surface area contributed by atoms with Gasteiger partial charge in [0, 0.05) is 125 Å². The minimum absolute atomic E-state index is 0.219. The number of amides is 2. The third-order valence-corrected chi connectivity index (χ3v) is 12.4. The third-order valence-electron chi connectivity index (χ3n) is 12.4. The molecule has 2 amide bonds. The van der Waals surface area contributed by atoms with Gasteiger partial charge >= 0.3 is 0 Å². The monoisotopic (exact) mass is 930 g/mol. The van der Waals surface area contributed by atoms with Gasteiger partial charge in [0.25, 0.3) is 11.8 Å². The summed E-state index contributed by atoms with van der Waals surface area (Å²) in [5, 5.41) is 14.5. The largest absolute Gasteiger partial charge is 0.322 e. The number of benzene rings is 2. The summed E-state index contributed by atoms with van der Waals surface area (Å²) in [6.45, 7) is 14.7. The molecule has 6 aromatic heterocycles. The van der Waals surface area contributed by atoms with E-state index in [-0.39, 0.29) is 11.8 Å². The number of likely N-dealkylation sites (N-methyl/N-ethyl adjacent to an activating group) is 2. The number of aryl methyl sites for hydroxylation is 2. The van der Waals surface area contributed by atoms with Gasteiger partial charge in [-0.05, 0) is 123 Å². The Labute approximate surface area is 407 Å². The number of carbonyl (C=O) groups excluding carboxylic acids is 2. The first-order valence-corrected chi connectivity index (χ1v) is 23.3. The van der Waals surface area contributed by atoms with Gasteiger partial charge < -0.3 is 20.4 Å². The van der Waals surface area contributed by atoms with Gasteiger partial charge in [-0.15, -0.1) is 0 Å². The molecule has 2 aromatic carbocycles. The van der Waals surface area contributed by atoms with Crippen LogP contribution in [0.15, 0.2) is 122 Å². The van der Waals surface area contributed by atoms with E-state index in [9.17, 15) is 9.59 Å². The van der Waals surface area contributed by atoms with Gasteiger partial charge in [0.2, 0.25) is 0 Å². The number of rotatable bonds is 8. The Kier molecular flexibility index (Phi) is 14.7. The maximum atomic E-state index is 12.9. The summed E-state index contributed by atoms with van der Waals surface area (Å²) in [5.41, 5.74) is 11.4. The highest BCUT2D eigenvalue weighted by atomic mass is 16.2. The van der Waals surface area contributed by atoms with Gasteiger partial charge in [-0.2, -0.15) is 10.2 Å². The van der Waals surface area contributed by atoms with Crippen molar-refractivity contribution in [3.05, 3.63) is 178 Å². The summed E-state index contributed by atoms with van der Waals surface area (Å²) in [4.78, 5) is 52.4. The predicted octanol–water partition coefficient (Wildman–Crippen LogP) is 5.66. The molecule has 0 aliphatic carbocycles. The highest BCUT2D eigenvalue weighted by molar-refractivity contribution is 6.05. The molecular formula is C54H54N14O2. The lowest BCUT2D eigenvalue weighted by Crippen LogP contribution is -2.43. The Morgan fingerprint density at radius 2 is 0.957 bits per heavy atom. The number of nitrogens with zero attached hydrogens (tertiary/aromatic N) is 12. The van der Waals surface area contributed by atoms with Crippen LogP contribution >= 0.6 is 0 Å². The SMILES string of the molecule is Cc1cc(NC(=O)c2cncc(C#Cc3cnc4cccnn34)c2)ccc1CN1CCN(C)CC1.Cc1cc(NC(=O)c2cncc(C#Cc3cnc4cccnn34)c2)ccc1CN1CCN(C)CC1. The van der Waals surface area contributed by atoms with Crippen molar-refractivity contribution in [3.8, 4) is 23.7 Å². The van der Waals surface area contributed by atoms with E-state index in [1.165, 1.54) is 22.3 Å². The molecule has 0 saturated carbocycles. The summed E-state index contributed by atoms with van der Waals surface area (Å²) in [7, 11) is 4.33. The van der Waals surface area contributed by atoms with Crippen LogP contribution in [0.25, 0.3) is 11.3 Å². The highest BCUT2D eigenvalue weighted by Crippen LogP contribution is 2.21. The minimum Gasteiger partial charge on any atom is -0.322 e. The van der Waals surface area contributed by atoms with Crippen LogP contribution in [-0.4, -0.2) is 137 Å². The van der Waals surface area contributed by atoms with Crippen molar-refractivity contribution < 1.29 is 9.59 Å². The van der Waals surface area contributed by atoms with Crippen molar-refractivity contribution in [2.45, 2.75) is 26.9 Å². The van der Waals surface area contributed by atoms with E-state index in [2.05, 4.69) is 124 Å². The smallest absolute Gasteiger partial charge is 0.257 e. The van der Waals surface area contributed by atoms with E-state index in [4.69, 9.17) is 0 Å². The molecule has 16 nitrogen and oxygen atoms in total. The number of carbonyl (C=O) groups is 2. The maximum Gasteiger partial charge on any atom is 0.257 e. The molecule has 0 atom stereocenters. The molecule has 16 heteroatoms. The van der Waals surface area contributed by atoms with Crippen molar-refractivity contribution in [2.75, 3.05) is 77.1 Å². The summed E-state index contributed by atoms with van der Waals surface area (Å²) in [6.07, 6.45) is 13.1. The van der Waals surface area contributed by atoms with E-state index in [0.717, 1.165) is 88.1 Å². The quantitative estimate of drug-likeness (QED) is 0.181. The van der Waals surface area contributed by atoms with Gasteiger partial charge in [-0.25, -0.2) is 19.0 Å². The van der Waals surface area contributed by atoms with E-state index >= 15 is 0 Å². The molecule has 0 radical (unpaired) electrons. The van der Waals surface area contributed by atoms with Crippen LogP contribution in [0.2, 0.25) is 0 Å². The zero-order chi connectivity index (χ0) is 48.4. The second-order valence-corrected chi connectivity index (χ2v) is 17.6. The summed E-state index contributed by atoms with van der Waals surface area (Å²) in [6, 6.07) is 23.0. The van der Waals surface area contributed by atoms with Crippen molar-refractivity contribution in [1.82, 2.24) is 58.8 Å². The van der Waals surface area contributed by atoms with Crippen molar-refractivity contribution in [3.63, 3.8) is 0 Å². The fourth-order valence-corrected chi connectivity index (χ4v) is 8.17. The lowest BCUT2D eigenvalue weighted by molar-refractivity contribution is 0.101. The number of imidazole rings is 2. The molecule has 70 heavy (non-hydrogen) atoms. The summed E-state index contributed by atoms with van der Waals surface area (Å²) >= 11 is 0. The van der Waals surface area contributed by atoms with Crippen molar-refractivity contribution >= 4 is 34.5 Å². The topological polar surface area (TPSA) is 157 Å². The van der Waals surface area contributed by atoms with Gasteiger partial charge in [0.05, 0.1) is 23.5 Å². The zero-order valence-electron chi connectivity index (χ0n) is 39.8. The fourth-order valence-electron chi connectivity index (χ4n) is 8.17. The number of nitrogens with one attached hydrogen (secondary N) is 2. The number of hydrogen-bond donors (Lipinski definition) is 2. The van der Waals surface area contributed by atoms with Gasteiger partial charge in [0.15, 0.2) is 11.3 Å².